The van der Waals surface area contributed by atoms with Gasteiger partial charge in [0, 0.05) is 11.8 Å². The van der Waals surface area contributed by atoms with Crippen LogP contribution in [0.1, 0.15) is 0 Å². The number of oxime groups is 1. The van der Waals surface area contributed by atoms with Gasteiger partial charge in [-0.1, -0.05) is 47.6 Å². The van der Waals surface area contributed by atoms with Gasteiger partial charge >= 0.3 is 0 Å². The van der Waals surface area contributed by atoms with Gasteiger partial charge in [0.05, 0.1) is 0 Å². The van der Waals surface area contributed by atoms with Crippen LogP contribution in [0.15, 0.2) is 90.1 Å². The summed E-state index contributed by atoms with van der Waals surface area (Å²) in [5.74, 6) is 1.74. The highest BCUT2D eigenvalue weighted by atomic mass is 16.6. The fourth-order valence-electron chi connectivity index (χ4n) is 2.33. The van der Waals surface area contributed by atoms with E-state index in [0.29, 0.717) is 22.9 Å². The van der Waals surface area contributed by atoms with Gasteiger partial charge in [0.1, 0.15) is 23.9 Å². The monoisotopic (exact) mass is 391 g/mol. The molecule has 148 valence electrons. The van der Waals surface area contributed by atoms with Gasteiger partial charge in [0.2, 0.25) is 0 Å². The molecule has 0 aromatic heterocycles. The number of carbonyl (C=O) groups is 1. The third kappa shape index (κ3) is 6.91. The zero-order chi connectivity index (χ0) is 20.3. The maximum absolute atomic E-state index is 12.0. The predicted octanol–water partition coefficient (Wildman–Crippen LogP) is 3.79. The summed E-state index contributed by atoms with van der Waals surface area (Å²) in [6, 6.07) is 25.6. The molecular weight excluding hydrogens is 370 g/mol. The number of carbonyl (C=O) groups excluding carboxylic acids is 1. The molecule has 0 atom stereocenters. The SMILES string of the molecule is N/C(COc1ccccc1)=N\OCC(=O)Nc1cccc(Oc2ccccc2)c1. The number of nitrogens with one attached hydrogen (secondary N) is 1. The first-order valence-electron chi connectivity index (χ1n) is 8.94. The lowest BCUT2D eigenvalue weighted by atomic mass is 10.3. The predicted molar refractivity (Wildman–Crippen MR) is 111 cm³/mol. The zero-order valence-corrected chi connectivity index (χ0v) is 15.7. The fraction of sp³-hybridized carbons (Fsp3) is 0.0909. The Morgan fingerprint density at radius 2 is 1.48 bits per heavy atom. The highest BCUT2D eigenvalue weighted by Gasteiger charge is 2.05. The smallest absolute Gasteiger partial charge is 0.265 e. The summed E-state index contributed by atoms with van der Waals surface area (Å²) in [5, 5.41) is 6.39. The van der Waals surface area contributed by atoms with Gasteiger partial charge in [-0.25, -0.2) is 0 Å². The van der Waals surface area contributed by atoms with Crippen molar-refractivity contribution >= 4 is 17.4 Å². The van der Waals surface area contributed by atoms with E-state index in [1.54, 1.807) is 36.4 Å². The Morgan fingerprint density at radius 3 is 2.21 bits per heavy atom. The van der Waals surface area contributed by atoms with E-state index >= 15 is 0 Å². The lowest BCUT2D eigenvalue weighted by Crippen LogP contribution is -2.23. The third-order valence-corrected chi connectivity index (χ3v) is 3.60. The van der Waals surface area contributed by atoms with Gasteiger partial charge in [-0.3, -0.25) is 4.79 Å². The molecule has 0 spiro atoms. The van der Waals surface area contributed by atoms with Crippen LogP contribution in [-0.4, -0.2) is 25.0 Å². The number of para-hydroxylation sites is 2. The lowest BCUT2D eigenvalue weighted by Gasteiger charge is -2.09. The van der Waals surface area contributed by atoms with Crippen LogP contribution in [0.4, 0.5) is 5.69 Å². The Bertz CT molecular complexity index is 947. The quantitative estimate of drug-likeness (QED) is 0.329. The number of hydrogen-bond donors (Lipinski definition) is 2. The first-order chi connectivity index (χ1) is 14.2. The molecule has 7 heteroatoms. The van der Waals surface area contributed by atoms with E-state index in [4.69, 9.17) is 20.0 Å². The van der Waals surface area contributed by atoms with Crippen molar-refractivity contribution in [2.75, 3.05) is 18.5 Å². The van der Waals surface area contributed by atoms with E-state index in [1.807, 2.05) is 48.5 Å². The highest BCUT2D eigenvalue weighted by Crippen LogP contribution is 2.23. The van der Waals surface area contributed by atoms with Gasteiger partial charge < -0.3 is 25.4 Å². The number of anilines is 1. The van der Waals surface area contributed by atoms with Crippen molar-refractivity contribution in [2.24, 2.45) is 10.9 Å². The van der Waals surface area contributed by atoms with Crippen molar-refractivity contribution in [1.82, 2.24) is 0 Å². The molecule has 0 aliphatic carbocycles. The molecule has 0 bridgehead atoms. The molecule has 3 N–H and O–H groups in total. The van der Waals surface area contributed by atoms with Gasteiger partial charge in [-0.2, -0.15) is 0 Å². The molecule has 0 aliphatic rings. The first kappa shape index (κ1) is 19.8. The average Bonchev–Trinajstić information content (AvgIpc) is 2.74. The number of benzene rings is 3. The average molecular weight is 391 g/mol. The molecule has 0 radical (unpaired) electrons. The van der Waals surface area contributed by atoms with Crippen molar-refractivity contribution in [1.29, 1.82) is 0 Å². The number of amides is 1. The van der Waals surface area contributed by atoms with Crippen LogP contribution >= 0.6 is 0 Å². The molecular formula is C22H21N3O4. The maximum atomic E-state index is 12.0. The molecule has 7 nitrogen and oxygen atoms in total. The van der Waals surface area contributed by atoms with Gasteiger partial charge in [0.15, 0.2) is 12.4 Å². The Hall–Kier alpha value is -4.00. The molecule has 0 heterocycles. The molecule has 0 fully saturated rings. The number of ether oxygens (including phenoxy) is 2. The molecule has 0 unspecified atom stereocenters. The fourth-order valence-corrected chi connectivity index (χ4v) is 2.33. The van der Waals surface area contributed by atoms with Crippen LogP contribution in [0, 0.1) is 0 Å². The van der Waals surface area contributed by atoms with Gasteiger partial charge in [0.25, 0.3) is 5.91 Å². The zero-order valence-electron chi connectivity index (χ0n) is 15.7. The van der Waals surface area contributed by atoms with Crippen molar-refractivity contribution < 1.29 is 19.1 Å². The molecule has 1 amide bonds. The largest absolute Gasteiger partial charge is 0.486 e. The Balaban J connectivity index is 1.43. The minimum Gasteiger partial charge on any atom is -0.486 e. The number of nitrogens with two attached hydrogens (primary N) is 1. The second-order valence-corrected chi connectivity index (χ2v) is 5.95. The molecule has 3 rings (SSSR count). The summed E-state index contributed by atoms with van der Waals surface area (Å²) in [7, 11) is 0. The van der Waals surface area contributed by atoms with Crippen LogP contribution in [0.2, 0.25) is 0 Å². The molecule has 3 aromatic carbocycles. The summed E-state index contributed by atoms with van der Waals surface area (Å²) in [6.45, 7) is -0.222. The molecule has 0 saturated carbocycles. The Labute approximate surface area is 168 Å². The van der Waals surface area contributed by atoms with Crippen molar-refractivity contribution in [3.8, 4) is 17.2 Å². The standard InChI is InChI=1S/C22H21N3O4/c23-21(15-27-18-9-3-1-4-10-18)25-28-16-22(26)24-17-8-7-13-20(14-17)29-19-11-5-2-6-12-19/h1-14H,15-16H2,(H2,23,25)(H,24,26). The molecule has 3 aromatic rings. The van der Waals surface area contributed by atoms with Gasteiger partial charge in [-0.05, 0) is 36.4 Å². The van der Waals surface area contributed by atoms with Crippen LogP contribution in [0.5, 0.6) is 17.2 Å². The van der Waals surface area contributed by atoms with E-state index in [1.165, 1.54) is 0 Å². The van der Waals surface area contributed by atoms with Crippen LogP contribution in [0.3, 0.4) is 0 Å². The van der Waals surface area contributed by atoms with Crippen molar-refractivity contribution in [3.05, 3.63) is 84.9 Å². The van der Waals surface area contributed by atoms with Crippen molar-refractivity contribution in [2.45, 2.75) is 0 Å². The second-order valence-electron chi connectivity index (χ2n) is 5.95. The Kier molecular flexibility index (Phi) is 7.06. The number of nitrogens with zero attached hydrogens (tertiary/aromatic N) is 1. The van der Waals surface area contributed by atoms with E-state index in [0.717, 1.165) is 0 Å². The summed E-state index contributed by atoms with van der Waals surface area (Å²) in [6.07, 6.45) is 0. The Morgan fingerprint density at radius 1 is 0.828 bits per heavy atom. The summed E-state index contributed by atoms with van der Waals surface area (Å²) in [4.78, 5) is 17.0. The summed E-state index contributed by atoms with van der Waals surface area (Å²) in [5.41, 5.74) is 6.29. The number of hydrogen-bond acceptors (Lipinski definition) is 5. The van der Waals surface area contributed by atoms with Crippen LogP contribution < -0.4 is 20.5 Å². The number of amidine groups is 1. The topological polar surface area (TPSA) is 95.2 Å². The molecule has 0 saturated heterocycles. The first-order valence-corrected chi connectivity index (χ1v) is 8.94. The summed E-state index contributed by atoms with van der Waals surface area (Å²) >= 11 is 0. The third-order valence-electron chi connectivity index (χ3n) is 3.60. The lowest BCUT2D eigenvalue weighted by molar-refractivity contribution is -0.120. The van der Waals surface area contributed by atoms with Crippen LogP contribution in [-0.2, 0) is 9.63 Å². The van der Waals surface area contributed by atoms with Gasteiger partial charge in [-0.15, -0.1) is 0 Å². The molecule has 29 heavy (non-hydrogen) atoms. The normalized spacial score (nSPS) is 10.8. The van der Waals surface area contributed by atoms with E-state index in [-0.39, 0.29) is 25.0 Å². The van der Waals surface area contributed by atoms with Crippen LogP contribution in [0.25, 0.3) is 0 Å². The second kappa shape index (κ2) is 10.4. The summed E-state index contributed by atoms with van der Waals surface area (Å²) < 4.78 is 11.2. The number of rotatable bonds is 9. The van der Waals surface area contributed by atoms with E-state index in [2.05, 4.69) is 10.5 Å². The minimum absolute atomic E-state index is 0.0600. The van der Waals surface area contributed by atoms with E-state index < -0.39 is 0 Å². The highest BCUT2D eigenvalue weighted by molar-refractivity contribution is 5.92. The minimum atomic E-state index is -0.373. The van der Waals surface area contributed by atoms with E-state index in [9.17, 15) is 4.79 Å². The van der Waals surface area contributed by atoms with Crippen molar-refractivity contribution in [3.63, 3.8) is 0 Å². The maximum Gasteiger partial charge on any atom is 0.265 e. The molecule has 0 aliphatic heterocycles.